The number of halogens is 2. The molecule has 0 fully saturated rings. The van der Waals surface area contributed by atoms with Gasteiger partial charge in [-0.15, -0.1) is 0 Å². The highest BCUT2D eigenvalue weighted by Gasteiger charge is 2.19. The van der Waals surface area contributed by atoms with E-state index in [1.807, 2.05) is 0 Å². The highest BCUT2D eigenvalue weighted by Crippen LogP contribution is 2.32. The number of hydrogen-bond donors (Lipinski definition) is 0. The average Bonchev–Trinajstić information content (AvgIpc) is 2.00. The van der Waals surface area contributed by atoms with E-state index in [-0.39, 0.29) is 0 Å². The summed E-state index contributed by atoms with van der Waals surface area (Å²) in [6.45, 7) is 6.64. The molecule has 61 valence electrons. The van der Waals surface area contributed by atoms with Crippen molar-refractivity contribution in [1.29, 1.82) is 0 Å². The second-order valence-electron chi connectivity index (χ2n) is 2.59. The van der Waals surface area contributed by atoms with Gasteiger partial charge in [-0.05, 0) is 12.3 Å². The zero-order valence-corrected chi connectivity index (χ0v) is 10.00. The lowest BCUT2D eigenvalue weighted by atomic mass is 10.0. The van der Waals surface area contributed by atoms with Crippen LogP contribution < -0.4 is 0 Å². The zero-order valence-electron chi connectivity index (χ0n) is 6.82. The van der Waals surface area contributed by atoms with Crippen LogP contribution in [0.4, 0.5) is 0 Å². The van der Waals surface area contributed by atoms with E-state index in [9.17, 15) is 0 Å². The van der Waals surface area contributed by atoms with E-state index in [1.165, 1.54) is 11.2 Å². The van der Waals surface area contributed by atoms with Crippen molar-refractivity contribution in [3.63, 3.8) is 0 Å². The molecule has 2 unspecified atom stereocenters. The maximum Gasteiger partial charge on any atom is 0.0546 e. The molecule has 2 atom stereocenters. The topological polar surface area (TPSA) is 0 Å². The maximum atomic E-state index is 3.65. The number of rotatable bonds is 4. The molecule has 0 spiro atoms. The van der Waals surface area contributed by atoms with Crippen molar-refractivity contribution >= 4 is 31.9 Å². The monoisotopic (exact) mass is 269 g/mol. The van der Waals surface area contributed by atoms with Crippen LogP contribution in [0.5, 0.6) is 0 Å². The Morgan fingerprint density at radius 3 is 2.20 bits per heavy atom. The summed E-state index contributed by atoms with van der Waals surface area (Å²) in [7, 11) is 0. The molecule has 0 bridgehead atoms. The Morgan fingerprint density at radius 2 is 1.90 bits per heavy atom. The maximum absolute atomic E-state index is 3.65. The highest BCUT2D eigenvalue weighted by atomic mass is 79.9. The van der Waals surface area contributed by atoms with Crippen LogP contribution in [0.3, 0.4) is 0 Å². The van der Waals surface area contributed by atoms with Crippen molar-refractivity contribution in [3.05, 3.63) is 4.83 Å². The first kappa shape index (κ1) is 11.0. The minimum atomic E-state index is 0.544. The Hall–Kier alpha value is 0.960. The van der Waals surface area contributed by atoms with Gasteiger partial charge in [0.25, 0.3) is 0 Å². The molecular formula is C8H15Br2. The van der Waals surface area contributed by atoms with E-state index in [0.29, 0.717) is 4.83 Å². The second-order valence-corrected chi connectivity index (χ2v) is 4.59. The van der Waals surface area contributed by atoms with Crippen LogP contribution in [0, 0.1) is 10.7 Å². The van der Waals surface area contributed by atoms with Gasteiger partial charge in [0, 0.05) is 4.83 Å². The van der Waals surface area contributed by atoms with Gasteiger partial charge < -0.3 is 0 Å². The smallest absolute Gasteiger partial charge is 0.0546 e. The van der Waals surface area contributed by atoms with Crippen LogP contribution in [0.1, 0.15) is 33.6 Å². The third-order valence-electron chi connectivity index (χ3n) is 1.78. The van der Waals surface area contributed by atoms with Crippen molar-refractivity contribution < 1.29 is 0 Å². The quantitative estimate of drug-likeness (QED) is 0.674. The minimum Gasteiger partial charge on any atom is -0.0872 e. The second kappa shape index (κ2) is 5.59. The molecule has 0 N–H and O–H groups in total. The lowest BCUT2D eigenvalue weighted by Gasteiger charge is -2.19. The van der Waals surface area contributed by atoms with Crippen molar-refractivity contribution in [1.82, 2.24) is 0 Å². The molecular weight excluding hydrogens is 256 g/mol. The van der Waals surface area contributed by atoms with Crippen LogP contribution >= 0.6 is 31.9 Å². The Labute approximate surface area is 81.0 Å². The SMILES string of the molecule is CC[C](Br)C(Br)C(C)CC. The largest absolute Gasteiger partial charge is 0.0872 e. The predicted octanol–water partition coefficient (Wildman–Crippen LogP) is 4.13. The number of hydrogen-bond acceptors (Lipinski definition) is 0. The summed E-state index contributed by atoms with van der Waals surface area (Å²) >= 11 is 7.20. The molecule has 10 heavy (non-hydrogen) atoms. The first-order chi connectivity index (χ1) is 4.63. The molecule has 0 heterocycles. The minimum absolute atomic E-state index is 0.544. The lowest BCUT2D eigenvalue weighted by molar-refractivity contribution is 0.560. The van der Waals surface area contributed by atoms with E-state index < -0.39 is 0 Å². The van der Waals surface area contributed by atoms with Crippen molar-refractivity contribution in [2.45, 2.75) is 38.4 Å². The van der Waals surface area contributed by atoms with Gasteiger partial charge in [-0.1, -0.05) is 59.1 Å². The highest BCUT2D eigenvalue weighted by molar-refractivity contribution is 9.13. The van der Waals surface area contributed by atoms with Gasteiger partial charge in [0.2, 0.25) is 0 Å². The molecule has 0 saturated carbocycles. The third kappa shape index (κ3) is 3.38. The first-order valence-corrected chi connectivity index (χ1v) is 5.49. The molecule has 1 radical (unpaired) electrons. The lowest BCUT2D eigenvalue weighted by Crippen LogP contribution is -2.14. The molecule has 0 aromatic carbocycles. The van der Waals surface area contributed by atoms with Gasteiger partial charge in [-0.3, -0.25) is 0 Å². The average molecular weight is 271 g/mol. The predicted molar refractivity (Wildman–Crippen MR) is 54.6 cm³/mol. The van der Waals surface area contributed by atoms with Crippen molar-refractivity contribution in [3.8, 4) is 0 Å². The normalized spacial score (nSPS) is 17.4. The Kier molecular flexibility index (Phi) is 6.13. The fourth-order valence-electron chi connectivity index (χ4n) is 0.711. The fraction of sp³-hybridized carbons (Fsp3) is 0.875. The van der Waals surface area contributed by atoms with Gasteiger partial charge in [0.15, 0.2) is 0 Å². The summed E-state index contributed by atoms with van der Waals surface area (Å²) in [6, 6.07) is 0. The van der Waals surface area contributed by atoms with Crippen LogP contribution in [0.25, 0.3) is 0 Å². The number of alkyl halides is 1. The van der Waals surface area contributed by atoms with E-state index in [2.05, 4.69) is 52.6 Å². The molecule has 0 aliphatic carbocycles. The van der Waals surface area contributed by atoms with Crippen LogP contribution in [-0.2, 0) is 0 Å². The molecule has 2 heteroatoms. The van der Waals surface area contributed by atoms with E-state index in [1.54, 1.807) is 0 Å². The van der Waals surface area contributed by atoms with E-state index >= 15 is 0 Å². The van der Waals surface area contributed by atoms with Crippen molar-refractivity contribution in [2.75, 3.05) is 0 Å². The summed E-state index contributed by atoms with van der Waals surface area (Å²) in [4.78, 5) is 1.92. The summed E-state index contributed by atoms with van der Waals surface area (Å²) in [5.74, 6) is 0.731. The molecule has 0 saturated heterocycles. The first-order valence-electron chi connectivity index (χ1n) is 3.78. The van der Waals surface area contributed by atoms with Gasteiger partial charge in [0.1, 0.15) is 0 Å². The molecule has 0 nitrogen and oxygen atoms in total. The molecule has 0 aliphatic heterocycles. The third-order valence-corrected chi connectivity index (χ3v) is 4.90. The molecule has 0 rings (SSSR count). The Bertz CT molecular complexity index is 73.3. The Morgan fingerprint density at radius 1 is 1.40 bits per heavy atom. The zero-order chi connectivity index (χ0) is 8.15. The fourth-order valence-corrected chi connectivity index (χ4v) is 1.86. The summed E-state index contributed by atoms with van der Waals surface area (Å²) in [5.41, 5.74) is 0. The van der Waals surface area contributed by atoms with E-state index in [4.69, 9.17) is 0 Å². The van der Waals surface area contributed by atoms with Gasteiger partial charge in [0.05, 0.1) is 4.83 Å². The molecule has 0 aliphatic rings. The summed E-state index contributed by atoms with van der Waals surface area (Å²) in [5, 5.41) is 0. The summed E-state index contributed by atoms with van der Waals surface area (Å²) in [6.07, 6.45) is 2.34. The van der Waals surface area contributed by atoms with Gasteiger partial charge in [-0.25, -0.2) is 0 Å². The van der Waals surface area contributed by atoms with Crippen LogP contribution in [-0.4, -0.2) is 4.83 Å². The van der Waals surface area contributed by atoms with Crippen LogP contribution in [0.15, 0.2) is 0 Å². The van der Waals surface area contributed by atoms with Crippen LogP contribution in [0.2, 0.25) is 0 Å². The van der Waals surface area contributed by atoms with Gasteiger partial charge in [-0.2, -0.15) is 0 Å². The standard InChI is InChI=1S/C8H15Br2/c1-4-6(3)8(10)7(9)5-2/h6,8H,4-5H2,1-3H3. The summed E-state index contributed by atoms with van der Waals surface area (Å²) < 4.78 is 0. The van der Waals surface area contributed by atoms with Crippen molar-refractivity contribution in [2.24, 2.45) is 5.92 Å². The van der Waals surface area contributed by atoms with E-state index in [0.717, 1.165) is 12.3 Å². The molecule has 0 aromatic heterocycles. The Balaban J connectivity index is 3.69. The van der Waals surface area contributed by atoms with Gasteiger partial charge >= 0.3 is 0 Å². The molecule has 0 aromatic rings. The molecule has 0 amide bonds.